The smallest absolute Gasteiger partial charge is 0.0776 e. The average molecular weight is 201 g/mol. The monoisotopic (exact) mass is 201 g/mol. The Labute approximate surface area is 87.0 Å². The third-order valence-corrected chi connectivity index (χ3v) is 3.29. The van der Waals surface area contributed by atoms with E-state index in [1.54, 1.807) is 0 Å². The third kappa shape index (κ3) is 1.95. The summed E-state index contributed by atoms with van der Waals surface area (Å²) >= 11 is 0. The Bertz CT molecular complexity index is 201. The highest BCUT2D eigenvalue weighted by molar-refractivity contribution is 4.98. The van der Waals surface area contributed by atoms with Crippen LogP contribution in [-0.4, -0.2) is 34.1 Å². The Balaban J connectivity index is 2.79. The van der Waals surface area contributed by atoms with E-state index >= 15 is 0 Å². The Kier molecular flexibility index (Phi) is 3.24. The van der Waals surface area contributed by atoms with Crippen molar-refractivity contribution in [1.29, 1.82) is 0 Å². The molecule has 0 radical (unpaired) electrons. The summed E-state index contributed by atoms with van der Waals surface area (Å²) < 4.78 is 5.66. The maximum absolute atomic E-state index is 10.1. The highest BCUT2D eigenvalue weighted by Gasteiger charge is 2.47. The number of ether oxygens (including phenoxy) is 1. The molecule has 0 bridgehead atoms. The first-order valence-corrected chi connectivity index (χ1v) is 5.43. The van der Waals surface area contributed by atoms with Crippen LogP contribution in [0.15, 0.2) is 0 Å². The van der Waals surface area contributed by atoms with Gasteiger partial charge in [0, 0.05) is 12.1 Å². The molecule has 3 heteroatoms. The number of hydrogen-bond acceptors (Lipinski definition) is 3. The molecule has 0 saturated carbocycles. The average Bonchev–Trinajstić information content (AvgIpc) is 2.08. The number of piperidine rings is 1. The van der Waals surface area contributed by atoms with Crippen molar-refractivity contribution in [2.75, 3.05) is 6.61 Å². The van der Waals surface area contributed by atoms with Crippen LogP contribution in [0.1, 0.15) is 47.5 Å². The highest BCUT2D eigenvalue weighted by atomic mass is 16.5. The van der Waals surface area contributed by atoms with Gasteiger partial charge in [-0.05, 0) is 47.5 Å². The molecule has 0 aromatic heterocycles. The Morgan fingerprint density at radius 3 is 2.43 bits per heavy atom. The quantitative estimate of drug-likeness (QED) is 0.745. The molecule has 1 N–H and O–H groups in total. The van der Waals surface area contributed by atoms with E-state index in [9.17, 15) is 5.21 Å². The lowest BCUT2D eigenvalue weighted by atomic mass is 9.80. The van der Waals surface area contributed by atoms with Crippen LogP contribution in [0.5, 0.6) is 0 Å². The molecule has 1 atom stereocenters. The first kappa shape index (κ1) is 12.0. The predicted molar refractivity (Wildman–Crippen MR) is 56.4 cm³/mol. The van der Waals surface area contributed by atoms with Gasteiger partial charge in [-0.3, -0.25) is 0 Å². The standard InChI is InChI=1S/C11H23NO2/c1-6-14-9-7-8-10(2,3)12(13)11(9,4)5/h9,13H,6-8H2,1-5H3. The SMILES string of the molecule is CCOC1CCC(C)(C)N(O)C1(C)C. The molecule has 0 aromatic rings. The van der Waals surface area contributed by atoms with Crippen molar-refractivity contribution in [2.45, 2.75) is 64.6 Å². The summed E-state index contributed by atoms with van der Waals surface area (Å²) in [7, 11) is 0. The molecular formula is C11H23NO2. The molecule has 1 unspecified atom stereocenters. The normalized spacial score (nSPS) is 31.7. The van der Waals surface area contributed by atoms with Crippen molar-refractivity contribution in [1.82, 2.24) is 5.06 Å². The van der Waals surface area contributed by atoms with Gasteiger partial charge in [0.25, 0.3) is 0 Å². The molecule has 14 heavy (non-hydrogen) atoms. The van der Waals surface area contributed by atoms with Gasteiger partial charge in [-0.1, -0.05) is 0 Å². The topological polar surface area (TPSA) is 32.7 Å². The maximum Gasteiger partial charge on any atom is 0.0776 e. The van der Waals surface area contributed by atoms with Crippen molar-refractivity contribution in [3.05, 3.63) is 0 Å². The lowest BCUT2D eigenvalue weighted by molar-refractivity contribution is -0.275. The van der Waals surface area contributed by atoms with Crippen molar-refractivity contribution >= 4 is 0 Å². The molecule has 0 aliphatic carbocycles. The lowest BCUT2D eigenvalue weighted by Gasteiger charge is -2.52. The van der Waals surface area contributed by atoms with Crippen LogP contribution in [0, 0.1) is 0 Å². The van der Waals surface area contributed by atoms with E-state index in [0.717, 1.165) is 12.8 Å². The van der Waals surface area contributed by atoms with Crippen LogP contribution in [0.25, 0.3) is 0 Å². The first-order chi connectivity index (χ1) is 6.32. The van der Waals surface area contributed by atoms with Gasteiger partial charge < -0.3 is 9.94 Å². The predicted octanol–water partition coefficient (Wildman–Crippen LogP) is 2.43. The van der Waals surface area contributed by atoms with Gasteiger partial charge in [0.1, 0.15) is 0 Å². The van der Waals surface area contributed by atoms with Crippen molar-refractivity contribution in [3.63, 3.8) is 0 Å². The van der Waals surface area contributed by atoms with E-state index in [4.69, 9.17) is 4.74 Å². The molecule has 0 spiro atoms. The highest BCUT2D eigenvalue weighted by Crippen LogP contribution is 2.38. The second-order valence-electron chi connectivity index (χ2n) is 5.26. The van der Waals surface area contributed by atoms with E-state index in [2.05, 4.69) is 13.8 Å². The summed E-state index contributed by atoms with van der Waals surface area (Å²) in [6.07, 6.45) is 2.12. The van der Waals surface area contributed by atoms with Crippen LogP contribution in [0.2, 0.25) is 0 Å². The minimum Gasteiger partial charge on any atom is -0.377 e. The molecule has 84 valence electrons. The molecular weight excluding hydrogens is 178 g/mol. The van der Waals surface area contributed by atoms with Crippen molar-refractivity contribution < 1.29 is 9.94 Å². The summed E-state index contributed by atoms with van der Waals surface area (Å²) in [5.74, 6) is 0. The Hall–Kier alpha value is -0.120. The van der Waals surface area contributed by atoms with Gasteiger partial charge >= 0.3 is 0 Å². The van der Waals surface area contributed by atoms with Crippen LogP contribution in [-0.2, 0) is 4.74 Å². The van der Waals surface area contributed by atoms with E-state index in [1.807, 2.05) is 20.8 Å². The van der Waals surface area contributed by atoms with Crippen LogP contribution >= 0.6 is 0 Å². The van der Waals surface area contributed by atoms with Gasteiger partial charge in [0.2, 0.25) is 0 Å². The molecule has 1 fully saturated rings. The van der Waals surface area contributed by atoms with Crippen LogP contribution < -0.4 is 0 Å². The van der Waals surface area contributed by atoms with Crippen LogP contribution in [0.4, 0.5) is 0 Å². The Morgan fingerprint density at radius 1 is 1.36 bits per heavy atom. The number of rotatable bonds is 2. The summed E-state index contributed by atoms with van der Waals surface area (Å²) in [4.78, 5) is 0. The second kappa shape index (κ2) is 3.80. The summed E-state index contributed by atoms with van der Waals surface area (Å²) in [5, 5.41) is 11.6. The van der Waals surface area contributed by atoms with Gasteiger partial charge in [-0.15, -0.1) is 0 Å². The molecule has 1 aliphatic rings. The minimum absolute atomic E-state index is 0.130. The zero-order chi connectivity index (χ0) is 11.0. The number of hydroxylamine groups is 2. The van der Waals surface area contributed by atoms with Crippen molar-refractivity contribution in [2.24, 2.45) is 0 Å². The van der Waals surface area contributed by atoms with Gasteiger partial charge in [-0.2, -0.15) is 5.06 Å². The van der Waals surface area contributed by atoms with E-state index in [0.29, 0.717) is 6.61 Å². The number of hydrogen-bond donors (Lipinski definition) is 1. The number of nitrogens with zero attached hydrogens (tertiary/aromatic N) is 1. The lowest BCUT2D eigenvalue weighted by Crippen LogP contribution is -2.63. The maximum atomic E-state index is 10.1. The van der Waals surface area contributed by atoms with Crippen LogP contribution in [0.3, 0.4) is 0 Å². The van der Waals surface area contributed by atoms with Gasteiger partial charge in [-0.25, -0.2) is 0 Å². The minimum atomic E-state index is -0.294. The van der Waals surface area contributed by atoms with E-state index in [1.165, 1.54) is 5.06 Å². The van der Waals surface area contributed by atoms with Gasteiger partial charge in [0.15, 0.2) is 0 Å². The fourth-order valence-corrected chi connectivity index (χ4v) is 2.35. The zero-order valence-corrected chi connectivity index (χ0v) is 10.0. The van der Waals surface area contributed by atoms with E-state index < -0.39 is 0 Å². The summed E-state index contributed by atoms with van der Waals surface area (Å²) in [6.45, 7) is 10.9. The fraction of sp³-hybridized carbons (Fsp3) is 1.00. The van der Waals surface area contributed by atoms with Crippen molar-refractivity contribution in [3.8, 4) is 0 Å². The van der Waals surface area contributed by atoms with E-state index in [-0.39, 0.29) is 17.2 Å². The first-order valence-electron chi connectivity index (χ1n) is 5.43. The third-order valence-electron chi connectivity index (χ3n) is 3.29. The van der Waals surface area contributed by atoms with Gasteiger partial charge in [0.05, 0.1) is 11.6 Å². The molecule has 1 rings (SSSR count). The molecule has 1 aliphatic heterocycles. The Morgan fingerprint density at radius 2 is 1.93 bits per heavy atom. The zero-order valence-electron chi connectivity index (χ0n) is 10.0. The fourth-order valence-electron chi connectivity index (χ4n) is 2.35. The molecule has 0 amide bonds. The second-order valence-corrected chi connectivity index (χ2v) is 5.26. The summed E-state index contributed by atoms with van der Waals surface area (Å²) in [5.41, 5.74) is -0.436. The summed E-state index contributed by atoms with van der Waals surface area (Å²) in [6, 6.07) is 0. The molecule has 3 nitrogen and oxygen atoms in total. The molecule has 1 saturated heterocycles. The largest absolute Gasteiger partial charge is 0.377 e. The molecule has 1 heterocycles. The molecule has 0 aromatic carbocycles.